The summed E-state index contributed by atoms with van der Waals surface area (Å²) >= 11 is 0. The molecule has 25 heavy (non-hydrogen) atoms. The van der Waals surface area contributed by atoms with E-state index in [0.717, 1.165) is 43.1 Å². The molecular weight excluding hydrogens is 314 g/mol. The molecule has 1 N–H and O–H groups in total. The van der Waals surface area contributed by atoms with Crippen LogP contribution in [0.4, 0.5) is 0 Å². The first kappa shape index (κ1) is 16.3. The van der Waals surface area contributed by atoms with Crippen molar-refractivity contribution in [2.45, 2.75) is 38.3 Å². The van der Waals surface area contributed by atoms with Crippen LogP contribution in [0.25, 0.3) is 0 Å². The predicted octanol–water partition coefficient (Wildman–Crippen LogP) is 1.83. The molecule has 0 aromatic carbocycles. The Morgan fingerprint density at radius 1 is 1.40 bits per heavy atom. The second kappa shape index (κ2) is 6.96. The number of pyridine rings is 1. The first-order chi connectivity index (χ1) is 12.2. The van der Waals surface area contributed by atoms with Crippen LogP contribution >= 0.6 is 0 Å². The second-order valence-electron chi connectivity index (χ2n) is 7.31. The van der Waals surface area contributed by atoms with Crippen molar-refractivity contribution in [1.29, 1.82) is 0 Å². The molecule has 1 amide bonds. The zero-order valence-electron chi connectivity index (χ0n) is 14.7. The van der Waals surface area contributed by atoms with Crippen LogP contribution in [0, 0.1) is 5.92 Å². The summed E-state index contributed by atoms with van der Waals surface area (Å²) in [4.78, 5) is 23.9. The van der Waals surface area contributed by atoms with Gasteiger partial charge >= 0.3 is 0 Å². The monoisotopic (exact) mass is 339 g/mol. The number of nitrogens with one attached hydrogen (secondary N) is 1. The Balaban J connectivity index is 1.49. The molecule has 1 saturated carbocycles. The third kappa shape index (κ3) is 3.44. The molecule has 6 heteroatoms. The normalized spacial score (nSPS) is 20.8. The smallest absolute Gasteiger partial charge is 0.230 e. The Labute approximate surface area is 148 Å². The van der Waals surface area contributed by atoms with Gasteiger partial charge in [0.2, 0.25) is 5.91 Å². The molecule has 0 radical (unpaired) electrons. The van der Waals surface area contributed by atoms with Crippen LogP contribution in [0.5, 0.6) is 0 Å². The summed E-state index contributed by atoms with van der Waals surface area (Å²) in [6, 6.07) is 4.03. The van der Waals surface area contributed by atoms with Crippen LogP contribution in [0.3, 0.4) is 0 Å². The quantitative estimate of drug-likeness (QED) is 0.903. The van der Waals surface area contributed by atoms with Crippen LogP contribution in [0.1, 0.15) is 42.1 Å². The Morgan fingerprint density at radius 3 is 3.00 bits per heavy atom. The van der Waals surface area contributed by atoms with Gasteiger partial charge in [-0.25, -0.2) is 4.98 Å². The number of nitrogens with zero attached hydrogens (tertiary/aromatic N) is 4. The molecular formula is C19H25N5O. The van der Waals surface area contributed by atoms with Crippen molar-refractivity contribution in [3.8, 4) is 0 Å². The minimum Gasteiger partial charge on any atom is -0.355 e. The summed E-state index contributed by atoms with van der Waals surface area (Å²) in [5, 5.41) is 3.18. The van der Waals surface area contributed by atoms with Gasteiger partial charge in [-0.15, -0.1) is 0 Å². The van der Waals surface area contributed by atoms with E-state index in [1.807, 2.05) is 30.2 Å². The second-order valence-corrected chi connectivity index (χ2v) is 7.31. The highest BCUT2D eigenvalue weighted by Gasteiger charge is 2.34. The fourth-order valence-electron chi connectivity index (χ4n) is 3.82. The Kier molecular flexibility index (Phi) is 4.53. The average Bonchev–Trinajstić information content (AvgIpc) is 2.95. The molecule has 132 valence electrons. The van der Waals surface area contributed by atoms with E-state index in [1.165, 1.54) is 19.3 Å². The molecule has 1 fully saturated rings. The van der Waals surface area contributed by atoms with E-state index in [-0.39, 0.29) is 11.8 Å². The maximum atomic E-state index is 12.9. The summed E-state index contributed by atoms with van der Waals surface area (Å²) in [5.41, 5.74) is 3.24. The van der Waals surface area contributed by atoms with Crippen molar-refractivity contribution in [2.75, 3.05) is 13.1 Å². The number of hydrogen-bond donors (Lipinski definition) is 1. The number of fused-ring (bicyclic) bond motifs is 1. The molecule has 2 aromatic heterocycles. The third-order valence-electron chi connectivity index (χ3n) is 5.44. The number of imidazole rings is 1. The number of amides is 1. The van der Waals surface area contributed by atoms with Crippen molar-refractivity contribution < 1.29 is 4.79 Å². The SMILES string of the molecule is Cn1cnc2c1C(C(=O)NCC1CCC1)CN(Cc1cccnc1)C2. The molecule has 2 aromatic rings. The lowest BCUT2D eigenvalue weighted by molar-refractivity contribution is -0.123. The van der Waals surface area contributed by atoms with Crippen LogP contribution in [0.15, 0.2) is 30.9 Å². The average molecular weight is 339 g/mol. The zero-order valence-corrected chi connectivity index (χ0v) is 14.7. The minimum atomic E-state index is -0.159. The highest BCUT2D eigenvalue weighted by atomic mass is 16.1. The van der Waals surface area contributed by atoms with E-state index in [9.17, 15) is 4.79 Å². The maximum Gasteiger partial charge on any atom is 0.230 e. The van der Waals surface area contributed by atoms with E-state index in [2.05, 4.69) is 26.3 Å². The summed E-state index contributed by atoms with van der Waals surface area (Å²) in [5.74, 6) is 0.644. The number of aryl methyl sites for hydroxylation is 1. The lowest BCUT2D eigenvalue weighted by Gasteiger charge is -2.33. The molecule has 0 bridgehead atoms. The number of rotatable bonds is 5. The molecule has 1 aliphatic heterocycles. The van der Waals surface area contributed by atoms with Crippen LogP contribution in [-0.4, -0.2) is 38.4 Å². The van der Waals surface area contributed by atoms with E-state index >= 15 is 0 Å². The third-order valence-corrected chi connectivity index (χ3v) is 5.44. The highest BCUT2D eigenvalue weighted by Crippen LogP contribution is 2.29. The van der Waals surface area contributed by atoms with Crippen LogP contribution in [-0.2, 0) is 24.9 Å². The van der Waals surface area contributed by atoms with Gasteiger partial charge in [-0.05, 0) is 30.4 Å². The molecule has 4 rings (SSSR count). The molecule has 0 spiro atoms. The number of hydrogen-bond acceptors (Lipinski definition) is 4. The van der Waals surface area contributed by atoms with Gasteiger partial charge in [0.1, 0.15) is 0 Å². The predicted molar refractivity (Wildman–Crippen MR) is 94.7 cm³/mol. The lowest BCUT2D eigenvalue weighted by Crippen LogP contribution is -2.43. The molecule has 1 atom stereocenters. The fraction of sp³-hybridized carbons (Fsp3) is 0.526. The van der Waals surface area contributed by atoms with E-state index < -0.39 is 0 Å². The summed E-state index contributed by atoms with van der Waals surface area (Å²) < 4.78 is 2.00. The van der Waals surface area contributed by atoms with Gasteiger partial charge in [-0.2, -0.15) is 0 Å². The largest absolute Gasteiger partial charge is 0.355 e. The maximum absolute atomic E-state index is 12.9. The van der Waals surface area contributed by atoms with Gasteiger partial charge in [0.25, 0.3) is 0 Å². The summed E-state index contributed by atoms with van der Waals surface area (Å²) in [6.45, 7) is 3.09. The summed E-state index contributed by atoms with van der Waals surface area (Å²) in [6.07, 6.45) is 9.29. The Morgan fingerprint density at radius 2 is 2.28 bits per heavy atom. The Hall–Kier alpha value is -2.21. The van der Waals surface area contributed by atoms with Crippen molar-refractivity contribution in [1.82, 2.24) is 24.8 Å². The van der Waals surface area contributed by atoms with Gasteiger partial charge in [0.05, 0.1) is 23.6 Å². The lowest BCUT2D eigenvalue weighted by atomic mass is 9.85. The van der Waals surface area contributed by atoms with Gasteiger partial charge in [-0.3, -0.25) is 14.7 Å². The highest BCUT2D eigenvalue weighted by molar-refractivity contribution is 5.84. The Bertz CT molecular complexity index is 738. The molecule has 2 aliphatic rings. The van der Waals surface area contributed by atoms with Crippen molar-refractivity contribution in [3.63, 3.8) is 0 Å². The molecule has 3 heterocycles. The first-order valence-electron chi connectivity index (χ1n) is 9.10. The van der Waals surface area contributed by atoms with Crippen LogP contribution < -0.4 is 5.32 Å². The summed E-state index contributed by atoms with van der Waals surface area (Å²) in [7, 11) is 1.98. The van der Waals surface area contributed by atoms with E-state index in [1.54, 1.807) is 6.20 Å². The first-order valence-corrected chi connectivity index (χ1v) is 9.10. The molecule has 1 unspecified atom stereocenters. The number of carbonyl (C=O) groups excluding carboxylic acids is 1. The van der Waals surface area contributed by atoms with Crippen LogP contribution in [0.2, 0.25) is 0 Å². The van der Waals surface area contributed by atoms with Gasteiger partial charge in [-0.1, -0.05) is 12.5 Å². The number of aromatic nitrogens is 3. The minimum absolute atomic E-state index is 0.132. The number of carbonyl (C=O) groups is 1. The van der Waals surface area contributed by atoms with Crippen molar-refractivity contribution in [3.05, 3.63) is 47.8 Å². The van der Waals surface area contributed by atoms with Gasteiger partial charge in [0.15, 0.2) is 0 Å². The van der Waals surface area contributed by atoms with Crippen molar-refractivity contribution >= 4 is 5.91 Å². The van der Waals surface area contributed by atoms with Gasteiger partial charge in [0, 0.05) is 45.6 Å². The molecule has 0 saturated heterocycles. The van der Waals surface area contributed by atoms with E-state index in [0.29, 0.717) is 5.92 Å². The molecule has 1 aliphatic carbocycles. The standard InChI is InChI=1S/C19H25N5O/c1-23-13-22-17-12-24(10-15-6-3-7-20-8-15)11-16(18(17)23)19(25)21-9-14-4-2-5-14/h3,6-8,13-14,16H,2,4-5,9-12H2,1H3,(H,21,25). The zero-order chi connectivity index (χ0) is 17.2. The topological polar surface area (TPSA) is 63.1 Å². The van der Waals surface area contributed by atoms with Crippen molar-refractivity contribution in [2.24, 2.45) is 13.0 Å². The molecule has 6 nitrogen and oxygen atoms in total. The fourth-order valence-corrected chi connectivity index (χ4v) is 3.82. The van der Waals surface area contributed by atoms with Gasteiger partial charge < -0.3 is 9.88 Å². The van der Waals surface area contributed by atoms with E-state index in [4.69, 9.17) is 0 Å².